The van der Waals surface area contributed by atoms with E-state index in [1.165, 1.54) is 10.6 Å². The highest BCUT2D eigenvalue weighted by Gasteiger charge is 2.29. The minimum absolute atomic E-state index is 0.00759. The van der Waals surface area contributed by atoms with Crippen molar-refractivity contribution in [3.8, 4) is 0 Å². The van der Waals surface area contributed by atoms with Crippen LogP contribution in [0.15, 0.2) is 0 Å². The topological polar surface area (TPSA) is 66.5 Å². The first-order chi connectivity index (χ1) is 7.95. The highest BCUT2D eigenvalue weighted by atomic mass is 32.2. The summed E-state index contributed by atoms with van der Waals surface area (Å²) in [6.07, 6.45) is 4.75. The van der Waals surface area contributed by atoms with E-state index in [9.17, 15) is 13.2 Å². The molecule has 0 radical (unpaired) electrons. The summed E-state index contributed by atoms with van der Waals surface area (Å²) >= 11 is 0. The third kappa shape index (κ3) is 4.63. The zero-order valence-corrected chi connectivity index (χ0v) is 11.4. The van der Waals surface area contributed by atoms with Gasteiger partial charge in [-0.3, -0.25) is 4.79 Å². The summed E-state index contributed by atoms with van der Waals surface area (Å²) in [5.74, 6) is -0.192. The molecule has 1 aliphatic rings. The van der Waals surface area contributed by atoms with Crippen LogP contribution in [0, 0.1) is 5.92 Å². The van der Waals surface area contributed by atoms with Crippen molar-refractivity contribution in [3.63, 3.8) is 0 Å². The van der Waals surface area contributed by atoms with E-state index in [0.29, 0.717) is 19.6 Å². The molecule has 1 fully saturated rings. The number of carbonyl (C=O) groups is 1. The molecular formula is C11H22N2O3S. The van der Waals surface area contributed by atoms with Crippen LogP contribution in [-0.2, 0) is 14.8 Å². The fraction of sp³-hybridized carbons (Fsp3) is 0.909. The standard InChI is InChI=1S/C11H22N2O3S/c1-3-4-7-12-11(14)10-6-5-8-13(9-10)17(2,15)16/h10H,3-9H2,1-2H3,(H,12,14). The van der Waals surface area contributed by atoms with E-state index in [1.54, 1.807) is 0 Å². The summed E-state index contributed by atoms with van der Waals surface area (Å²) in [6, 6.07) is 0. The lowest BCUT2D eigenvalue weighted by molar-refractivity contribution is -0.126. The SMILES string of the molecule is CCCCNC(=O)C1CCCN(S(C)(=O)=O)C1. The molecule has 0 bridgehead atoms. The summed E-state index contributed by atoms with van der Waals surface area (Å²) in [4.78, 5) is 11.8. The fourth-order valence-corrected chi connectivity index (χ4v) is 2.90. The molecule has 17 heavy (non-hydrogen) atoms. The lowest BCUT2D eigenvalue weighted by Gasteiger charge is -2.30. The van der Waals surface area contributed by atoms with Gasteiger partial charge >= 0.3 is 0 Å². The average molecular weight is 262 g/mol. The van der Waals surface area contributed by atoms with Crippen molar-refractivity contribution in [1.82, 2.24) is 9.62 Å². The Morgan fingerprint density at radius 1 is 1.47 bits per heavy atom. The number of unbranched alkanes of at least 4 members (excludes halogenated alkanes) is 1. The summed E-state index contributed by atoms with van der Waals surface area (Å²) in [6.45, 7) is 3.62. The molecule has 1 amide bonds. The molecular weight excluding hydrogens is 240 g/mol. The van der Waals surface area contributed by atoms with Crippen molar-refractivity contribution in [3.05, 3.63) is 0 Å². The first kappa shape index (κ1) is 14.4. The van der Waals surface area contributed by atoms with Gasteiger partial charge in [-0.25, -0.2) is 12.7 Å². The van der Waals surface area contributed by atoms with Crippen LogP contribution in [0.5, 0.6) is 0 Å². The number of hydrogen-bond acceptors (Lipinski definition) is 3. The van der Waals surface area contributed by atoms with Gasteiger partial charge in [-0.2, -0.15) is 0 Å². The Bertz CT molecular complexity index is 354. The van der Waals surface area contributed by atoms with Crippen molar-refractivity contribution in [2.24, 2.45) is 5.92 Å². The smallest absolute Gasteiger partial charge is 0.224 e. The first-order valence-electron chi connectivity index (χ1n) is 6.18. The van der Waals surface area contributed by atoms with Crippen LogP contribution in [-0.4, -0.2) is 44.5 Å². The minimum Gasteiger partial charge on any atom is -0.356 e. The quantitative estimate of drug-likeness (QED) is 0.737. The number of carbonyl (C=O) groups excluding carboxylic acids is 1. The van der Waals surface area contributed by atoms with Crippen molar-refractivity contribution in [1.29, 1.82) is 0 Å². The van der Waals surface area contributed by atoms with E-state index in [2.05, 4.69) is 12.2 Å². The minimum atomic E-state index is -3.16. The predicted molar refractivity (Wildman–Crippen MR) is 67.1 cm³/mol. The maximum Gasteiger partial charge on any atom is 0.224 e. The van der Waals surface area contributed by atoms with E-state index in [4.69, 9.17) is 0 Å². The lowest BCUT2D eigenvalue weighted by atomic mass is 9.99. The zero-order valence-electron chi connectivity index (χ0n) is 10.6. The molecule has 1 aliphatic heterocycles. The maximum absolute atomic E-state index is 11.8. The lowest BCUT2D eigenvalue weighted by Crippen LogP contribution is -2.45. The Hall–Kier alpha value is -0.620. The van der Waals surface area contributed by atoms with E-state index in [0.717, 1.165) is 25.7 Å². The van der Waals surface area contributed by atoms with E-state index in [-0.39, 0.29) is 11.8 Å². The van der Waals surface area contributed by atoms with E-state index < -0.39 is 10.0 Å². The highest BCUT2D eigenvalue weighted by molar-refractivity contribution is 7.88. The molecule has 0 saturated carbocycles. The number of hydrogen-bond donors (Lipinski definition) is 1. The summed E-state index contributed by atoms with van der Waals surface area (Å²) in [5.41, 5.74) is 0. The molecule has 1 heterocycles. The number of nitrogens with one attached hydrogen (secondary N) is 1. The predicted octanol–water partition coefficient (Wildman–Crippen LogP) is 0.574. The van der Waals surface area contributed by atoms with E-state index in [1.807, 2.05) is 0 Å². The van der Waals surface area contributed by atoms with Gasteiger partial charge in [0.15, 0.2) is 0 Å². The van der Waals surface area contributed by atoms with Gasteiger partial charge in [-0.05, 0) is 19.3 Å². The van der Waals surface area contributed by atoms with Gasteiger partial charge in [0.1, 0.15) is 0 Å². The maximum atomic E-state index is 11.8. The van der Waals surface area contributed by atoms with Gasteiger partial charge in [0.25, 0.3) is 0 Å². The van der Waals surface area contributed by atoms with Crippen LogP contribution in [0.1, 0.15) is 32.6 Å². The largest absolute Gasteiger partial charge is 0.356 e. The Kier molecular flexibility index (Phi) is 5.39. The monoisotopic (exact) mass is 262 g/mol. The molecule has 1 N–H and O–H groups in total. The molecule has 1 saturated heterocycles. The second-order valence-electron chi connectivity index (χ2n) is 4.60. The fourth-order valence-electron chi connectivity index (χ4n) is 1.99. The summed E-state index contributed by atoms with van der Waals surface area (Å²) in [7, 11) is -3.16. The van der Waals surface area contributed by atoms with Gasteiger partial charge < -0.3 is 5.32 Å². The Balaban J connectivity index is 2.46. The van der Waals surface area contributed by atoms with Crippen molar-refractivity contribution in [2.45, 2.75) is 32.6 Å². The molecule has 5 nitrogen and oxygen atoms in total. The van der Waals surface area contributed by atoms with Crippen molar-refractivity contribution >= 4 is 15.9 Å². The number of rotatable bonds is 5. The van der Waals surface area contributed by atoms with Gasteiger partial charge in [0.2, 0.25) is 15.9 Å². The molecule has 0 aliphatic carbocycles. The summed E-state index contributed by atoms with van der Waals surface area (Å²) in [5, 5.41) is 2.86. The third-order valence-corrected chi connectivity index (χ3v) is 4.32. The zero-order chi connectivity index (χ0) is 12.9. The number of piperidine rings is 1. The third-order valence-electron chi connectivity index (χ3n) is 3.05. The van der Waals surface area contributed by atoms with Crippen LogP contribution < -0.4 is 5.32 Å². The number of nitrogens with zero attached hydrogens (tertiary/aromatic N) is 1. The van der Waals surface area contributed by atoms with Crippen LogP contribution in [0.4, 0.5) is 0 Å². The Morgan fingerprint density at radius 3 is 2.76 bits per heavy atom. The molecule has 0 spiro atoms. The van der Waals surface area contributed by atoms with Gasteiger partial charge in [-0.1, -0.05) is 13.3 Å². The molecule has 0 aromatic carbocycles. The number of amides is 1. The van der Waals surface area contributed by atoms with Crippen molar-refractivity contribution < 1.29 is 13.2 Å². The highest BCUT2D eigenvalue weighted by Crippen LogP contribution is 2.18. The molecule has 1 rings (SSSR count). The Labute approximate surface area is 104 Å². The second-order valence-corrected chi connectivity index (χ2v) is 6.59. The molecule has 1 atom stereocenters. The van der Waals surface area contributed by atoms with Crippen LogP contribution in [0.3, 0.4) is 0 Å². The molecule has 0 aromatic rings. The van der Waals surface area contributed by atoms with Crippen LogP contribution >= 0.6 is 0 Å². The first-order valence-corrected chi connectivity index (χ1v) is 8.02. The van der Waals surface area contributed by atoms with Gasteiger partial charge in [0, 0.05) is 19.6 Å². The normalized spacial score (nSPS) is 22.4. The molecule has 100 valence electrons. The molecule has 1 unspecified atom stereocenters. The molecule has 6 heteroatoms. The van der Waals surface area contributed by atoms with Gasteiger partial charge in [0.05, 0.1) is 12.2 Å². The van der Waals surface area contributed by atoms with E-state index >= 15 is 0 Å². The van der Waals surface area contributed by atoms with Crippen LogP contribution in [0.2, 0.25) is 0 Å². The Morgan fingerprint density at radius 2 is 2.18 bits per heavy atom. The average Bonchev–Trinajstić information content (AvgIpc) is 2.28. The summed E-state index contributed by atoms with van der Waals surface area (Å²) < 4.78 is 24.2. The van der Waals surface area contributed by atoms with Crippen LogP contribution in [0.25, 0.3) is 0 Å². The van der Waals surface area contributed by atoms with Gasteiger partial charge in [-0.15, -0.1) is 0 Å². The number of sulfonamides is 1. The second kappa shape index (κ2) is 6.35. The molecule has 0 aromatic heterocycles. The van der Waals surface area contributed by atoms with Crippen molar-refractivity contribution in [2.75, 3.05) is 25.9 Å².